The highest BCUT2D eigenvalue weighted by atomic mass is 32.2. The van der Waals surface area contributed by atoms with Crippen molar-refractivity contribution in [3.63, 3.8) is 0 Å². The number of esters is 1. The van der Waals surface area contributed by atoms with Crippen LogP contribution in [0.25, 0.3) is 0 Å². The number of amides is 2. The van der Waals surface area contributed by atoms with E-state index in [0.717, 1.165) is 34.0 Å². The SMILES string of the molecule is CO/N=C(/C(=O)NC1C(=O)N2C(C(=O)OC(c3ccccc3)c3ccccc3)=C(/C=C/Sc3n[nH]c(=O)c(=O)n3Cc3ccccc3)CSC12)c1csc(NC(c2ccccc2)(c2ccccc2)c2ccccc2)n1. The van der Waals surface area contributed by atoms with Crippen LogP contribution in [0.4, 0.5) is 5.13 Å². The van der Waals surface area contributed by atoms with E-state index in [9.17, 15) is 24.0 Å². The Balaban J connectivity index is 0.938. The predicted molar refractivity (Wildman–Crippen MR) is 291 cm³/mol. The van der Waals surface area contributed by atoms with Crippen molar-refractivity contribution < 1.29 is 24.0 Å². The minimum Gasteiger partial charge on any atom is -0.448 e. The lowest BCUT2D eigenvalue weighted by molar-refractivity contribution is -0.154. The number of carbonyl (C=O) groups excluding carboxylic acids is 3. The van der Waals surface area contributed by atoms with Crippen molar-refractivity contribution in [2.45, 2.75) is 34.8 Å². The van der Waals surface area contributed by atoms with Crippen LogP contribution in [-0.4, -0.2) is 72.4 Å². The molecule has 2 atom stereocenters. The monoisotopic (exact) mass is 1050 g/mol. The second kappa shape index (κ2) is 22.7. The largest absolute Gasteiger partial charge is 0.448 e. The van der Waals surface area contributed by atoms with E-state index in [0.29, 0.717) is 21.8 Å². The van der Waals surface area contributed by atoms with Gasteiger partial charge in [0.1, 0.15) is 35.5 Å². The molecule has 4 heterocycles. The van der Waals surface area contributed by atoms with Crippen LogP contribution in [-0.2, 0) is 36.0 Å². The number of carbonyl (C=O) groups is 3. The summed E-state index contributed by atoms with van der Waals surface area (Å²) < 4.78 is 7.63. The number of hydrogen-bond acceptors (Lipinski definition) is 14. The van der Waals surface area contributed by atoms with Crippen LogP contribution >= 0.6 is 34.9 Å². The fourth-order valence-corrected chi connectivity index (χ4v) is 11.8. The lowest BCUT2D eigenvalue weighted by atomic mass is 9.77. The third-order valence-corrected chi connectivity index (χ3v) is 15.4. The standard InChI is InChI=1S/C57H46N8O7S3/c1-71-63-45(44-36-75-55(58-44)60-57(41-26-14-5-15-27-41,42-28-16-6-17-29-42)43-30-18-7-19-31-43)49(66)59-46-51(68)65-47(54(70)72-48(38-22-10-3-11-23-38)39-24-12-4-13-25-39)40(35-74-53(46)65)32-33-73-56-62-61-50(67)52(69)64(56)34-37-20-8-2-9-21-37/h2-33,36,46,48,53H,34-35H2,1H3,(H,58,60)(H,59,66)(H,61,67)/b33-32+,63-45+. The molecule has 0 bridgehead atoms. The number of ether oxygens (including phenoxy) is 1. The van der Waals surface area contributed by atoms with Gasteiger partial charge in [0, 0.05) is 11.1 Å². The zero-order valence-electron chi connectivity index (χ0n) is 40.0. The molecule has 1 saturated heterocycles. The van der Waals surface area contributed by atoms with Crippen molar-refractivity contribution in [1.29, 1.82) is 0 Å². The highest BCUT2D eigenvalue weighted by molar-refractivity contribution is 8.02. The van der Waals surface area contributed by atoms with Gasteiger partial charge < -0.3 is 20.2 Å². The van der Waals surface area contributed by atoms with E-state index in [1.54, 1.807) is 16.9 Å². The Morgan fingerprint density at radius 1 is 0.800 bits per heavy atom. The number of thiazole rings is 1. The number of thioether (sulfide) groups is 2. The average Bonchev–Trinajstić information content (AvgIpc) is 3.93. The molecule has 3 N–H and O–H groups in total. The van der Waals surface area contributed by atoms with E-state index >= 15 is 0 Å². The summed E-state index contributed by atoms with van der Waals surface area (Å²) in [6, 6.07) is 56.8. The summed E-state index contributed by atoms with van der Waals surface area (Å²) in [5.74, 6) is -1.83. The zero-order chi connectivity index (χ0) is 51.7. The summed E-state index contributed by atoms with van der Waals surface area (Å²) in [6.07, 6.45) is 0.820. The lowest BCUT2D eigenvalue weighted by Gasteiger charge is -2.49. The zero-order valence-corrected chi connectivity index (χ0v) is 42.5. The maximum atomic E-state index is 14.8. The van der Waals surface area contributed by atoms with E-state index in [1.807, 2.05) is 146 Å². The molecule has 0 aliphatic carbocycles. The van der Waals surface area contributed by atoms with Gasteiger partial charge in [0.25, 0.3) is 11.8 Å². The molecule has 8 aromatic rings. The first-order chi connectivity index (χ1) is 36.7. The van der Waals surface area contributed by atoms with Crippen molar-refractivity contribution in [3.8, 4) is 0 Å². The van der Waals surface area contributed by atoms with Crippen molar-refractivity contribution in [2.24, 2.45) is 5.16 Å². The number of H-pyrrole nitrogens is 1. The summed E-state index contributed by atoms with van der Waals surface area (Å²) in [5, 5.41) is 20.4. The number of rotatable bonds is 18. The molecular weight excluding hydrogens is 1000 g/mol. The Morgan fingerprint density at radius 2 is 1.35 bits per heavy atom. The number of allylic oxidation sites excluding steroid dienone is 1. The number of benzene rings is 6. The molecule has 18 heteroatoms. The minimum atomic E-state index is -1.08. The normalized spacial score (nSPS) is 15.6. The molecule has 10 rings (SSSR count). The molecule has 0 spiro atoms. The second-order valence-electron chi connectivity index (χ2n) is 17.1. The van der Waals surface area contributed by atoms with Crippen molar-refractivity contribution >= 4 is 63.5 Å². The Kier molecular flexibility index (Phi) is 15.1. The average molecular weight is 1050 g/mol. The fraction of sp³-hybridized carbons (Fsp3) is 0.123. The van der Waals surface area contributed by atoms with Crippen LogP contribution in [0.3, 0.4) is 0 Å². The fourth-order valence-electron chi connectivity index (χ4n) is 8.98. The number of nitrogens with zero attached hydrogens (tertiary/aromatic N) is 5. The van der Waals surface area contributed by atoms with Gasteiger partial charge in [0.2, 0.25) is 0 Å². The van der Waals surface area contributed by atoms with E-state index in [-0.39, 0.29) is 34.6 Å². The molecule has 0 radical (unpaired) electrons. The van der Waals surface area contributed by atoms with Crippen molar-refractivity contribution in [3.05, 3.63) is 270 Å². The van der Waals surface area contributed by atoms with Gasteiger partial charge in [-0.3, -0.25) is 28.6 Å². The van der Waals surface area contributed by atoms with Gasteiger partial charge in [0.05, 0.1) is 6.54 Å². The van der Waals surface area contributed by atoms with Crippen molar-refractivity contribution in [1.82, 2.24) is 30.0 Å². The van der Waals surface area contributed by atoms with Crippen LogP contribution in [0.1, 0.15) is 45.2 Å². The Morgan fingerprint density at radius 3 is 1.91 bits per heavy atom. The molecule has 2 aliphatic rings. The summed E-state index contributed by atoms with van der Waals surface area (Å²) >= 11 is 3.67. The van der Waals surface area contributed by atoms with Crippen LogP contribution in [0.5, 0.6) is 0 Å². The number of fused-ring (bicyclic) bond motifs is 1. The molecule has 374 valence electrons. The molecule has 2 unspecified atom stereocenters. The molecule has 15 nitrogen and oxygen atoms in total. The maximum absolute atomic E-state index is 14.8. The maximum Gasteiger partial charge on any atom is 0.356 e. The number of β-lactam (4-membered cyclic amide) rings is 1. The van der Waals surface area contributed by atoms with Crippen LogP contribution in [0, 0.1) is 0 Å². The van der Waals surface area contributed by atoms with Crippen molar-refractivity contribution in [2.75, 3.05) is 18.2 Å². The third kappa shape index (κ3) is 10.5. The number of anilines is 1. The highest BCUT2D eigenvalue weighted by Gasteiger charge is 2.55. The first-order valence-corrected chi connectivity index (χ1v) is 26.4. The minimum absolute atomic E-state index is 0.0150. The summed E-state index contributed by atoms with van der Waals surface area (Å²) in [6.45, 7) is 0.0924. The molecule has 75 heavy (non-hydrogen) atoms. The molecule has 6 aromatic carbocycles. The first-order valence-electron chi connectivity index (χ1n) is 23.6. The van der Waals surface area contributed by atoms with E-state index in [2.05, 4.69) is 62.4 Å². The molecule has 2 aliphatic heterocycles. The lowest BCUT2D eigenvalue weighted by Crippen LogP contribution is -2.71. The quantitative estimate of drug-likeness (QED) is 0.0142. The van der Waals surface area contributed by atoms with Gasteiger partial charge in [-0.15, -0.1) is 28.2 Å². The Labute approximate surface area is 443 Å². The van der Waals surface area contributed by atoms with Crippen LogP contribution < -0.4 is 21.8 Å². The summed E-state index contributed by atoms with van der Waals surface area (Å²) in [7, 11) is 1.32. The van der Waals surface area contributed by atoms with E-state index in [1.165, 1.54) is 39.7 Å². The van der Waals surface area contributed by atoms with Gasteiger partial charge in [-0.25, -0.2) is 14.9 Å². The molecule has 1 fully saturated rings. The van der Waals surface area contributed by atoms with Gasteiger partial charge in [0.15, 0.2) is 22.1 Å². The van der Waals surface area contributed by atoms with Crippen LogP contribution in [0.2, 0.25) is 0 Å². The first kappa shape index (κ1) is 50.0. The summed E-state index contributed by atoms with van der Waals surface area (Å²) in [4.78, 5) is 80.7. The number of oxime groups is 1. The third-order valence-electron chi connectivity index (χ3n) is 12.5. The molecule has 0 saturated carbocycles. The molecular formula is C57H46N8O7S3. The van der Waals surface area contributed by atoms with Gasteiger partial charge >= 0.3 is 17.1 Å². The van der Waals surface area contributed by atoms with Gasteiger partial charge in [-0.2, -0.15) is 0 Å². The smallest absolute Gasteiger partial charge is 0.356 e. The second-order valence-corrected chi connectivity index (χ2v) is 19.9. The van der Waals surface area contributed by atoms with Gasteiger partial charge in [-0.05, 0) is 50.4 Å². The van der Waals surface area contributed by atoms with Gasteiger partial charge in [-0.1, -0.05) is 199 Å². The predicted octanol–water partition coefficient (Wildman–Crippen LogP) is 8.48. The topological polar surface area (TPSA) is 190 Å². The Bertz CT molecular complexity index is 3410. The number of aromatic nitrogens is 4. The summed E-state index contributed by atoms with van der Waals surface area (Å²) in [5.41, 5.74) is 3.01. The molecule has 2 aromatic heterocycles. The Hall–Kier alpha value is -8.58. The highest BCUT2D eigenvalue weighted by Crippen LogP contribution is 2.43. The number of hydrogen-bond donors (Lipinski definition) is 3. The van der Waals surface area contributed by atoms with Crippen LogP contribution in [0.15, 0.2) is 230 Å². The molecule has 2 amide bonds. The number of aromatic amines is 1. The number of nitrogens with one attached hydrogen (secondary N) is 3. The van der Waals surface area contributed by atoms with E-state index in [4.69, 9.17) is 14.6 Å². The van der Waals surface area contributed by atoms with E-state index < -0.39 is 52.0 Å².